The van der Waals surface area contributed by atoms with E-state index in [1.54, 1.807) is 0 Å². The van der Waals surface area contributed by atoms with Gasteiger partial charge in [-0.25, -0.2) is 4.98 Å². The molecule has 102 valence electrons. The second-order valence-corrected chi connectivity index (χ2v) is 4.59. The number of para-hydroxylation sites is 1. The maximum Gasteiger partial charge on any atom is 0.236 e. The first-order valence-electron chi connectivity index (χ1n) is 6.50. The normalized spacial score (nSPS) is 12.6. The van der Waals surface area contributed by atoms with Gasteiger partial charge in [-0.2, -0.15) is 0 Å². The summed E-state index contributed by atoms with van der Waals surface area (Å²) in [5.74, 6) is 0.504. The molecule has 0 spiro atoms. The molecule has 0 radical (unpaired) electrons. The summed E-state index contributed by atoms with van der Waals surface area (Å²) in [6.07, 6.45) is 1.20. The van der Waals surface area contributed by atoms with Crippen LogP contribution in [-0.4, -0.2) is 23.5 Å². The number of benzene rings is 1. The zero-order valence-corrected chi connectivity index (χ0v) is 11.3. The van der Waals surface area contributed by atoms with Crippen LogP contribution < -0.4 is 11.1 Å². The summed E-state index contributed by atoms with van der Waals surface area (Å²) in [6, 6.07) is 5.39. The number of nitrogens with one attached hydrogen (secondary N) is 1. The molecule has 19 heavy (non-hydrogen) atoms. The average Bonchev–Trinajstić information content (AvgIpc) is 2.82. The van der Waals surface area contributed by atoms with E-state index in [1.807, 2.05) is 32.0 Å². The molecule has 3 N–H and O–H groups in total. The van der Waals surface area contributed by atoms with Crippen LogP contribution >= 0.6 is 0 Å². The number of hydrogen-bond donors (Lipinski definition) is 2. The second kappa shape index (κ2) is 5.84. The van der Waals surface area contributed by atoms with Crippen LogP contribution in [0.15, 0.2) is 22.6 Å². The number of rotatable bonds is 5. The lowest BCUT2D eigenvalue weighted by Crippen LogP contribution is -2.40. The van der Waals surface area contributed by atoms with Gasteiger partial charge < -0.3 is 15.5 Å². The molecule has 5 nitrogen and oxygen atoms in total. The van der Waals surface area contributed by atoms with E-state index < -0.39 is 6.04 Å². The first-order chi connectivity index (χ1) is 9.11. The first-order valence-corrected chi connectivity index (χ1v) is 6.50. The maximum absolute atomic E-state index is 11.5. The summed E-state index contributed by atoms with van der Waals surface area (Å²) in [6.45, 7) is 4.36. The molecule has 0 saturated carbocycles. The smallest absolute Gasteiger partial charge is 0.236 e. The summed E-state index contributed by atoms with van der Waals surface area (Å²) in [4.78, 5) is 15.9. The lowest BCUT2D eigenvalue weighted by molar-refractivity contribution is -0.122. The number of amides is 1. The van der Waals surface area contributed by atoms with E-state index in [-0.39, 0.29) is 5.91 Å². The van der Waals surface area contributed by atoms with Crippen LogP contribution in [0, 0.1) is 6.92 Å². The fraction of sp³-hybridized carbons (Fsp3) is 0.429. The number of aryl methyl sites for hydroxylation is 1. The van der Waals surface area contributed by atoms with E-state index in [9.17, 15) is 4.79 Å². The van der Waals surface area contributed by atoms with Crippen LogP contribution in [0.1, 0.15) is 24.8 Å². The summed E-state index contributed by atoms with van der Waals surface area (Å²) in [5, 5.41) is 2.78. The van der Waals surface area contributed by atoms with Gasteiger partial charge in [0.05, 0.1) is 6.04 Å². The molecule has 0 unspecified atom stereocenters. The van der Waals surface area contributed by atoms with Gasteiger partial charge in [0.15, 0.2) is 11.5 Å². The van der Waals surface area contributed by atoms with Crippen molar-refractivity contribution in [3.8, 4) is 0 Å². The Kier molecular flexibility index (Phi) is 4.16. The number of nitrogens with zero attached hydrogens (tertiary/aromatic N) is 1. The molecule has 2 aromatic rings. The highest BCUT2D eigenvalue weighted by Gasteiger charge is 2.11. The third-order valence-electron chi connectivity index (χ3n) is 3.08. The van der Waals surface area contributed by atoms with Crippen LogP contribution in [0.3, 0.4) is 0 Å². The Balaban J connectivity index is 1.95. The molecular formula is C14H19N3O2. The van der Waals surface area contributed by atoms with E-state index >= 15 is 0 Å². The van der Waals surface area contributed by atoms with Crippen molar-refractivity contribution >= 4 is 17.0 Å². The van der Waals surface area contributed by atoms with Gasteiger partial charge in [0.25, 0.3) is 0 Å². The van der Waals surface area contributed by atoms with Gasteiger partial charge in [0.2, 0.25) is 5.91 Å². The van der Waals surface area contributed by atoms with Gasteiger partial charge in [-0.3, -0.25) is 4.79 Å². The maximum atomic E-state index is 11.5. The molecule has 0 aliphatic rings. The average molecular weight is 261 g/mol. The minimum absolute atomic E-state index is 0.130. The highest BCUT2D eigenvalue weighted by atomic mass is 16.3. The van der Waals surface area contributed by atoms with E-state index in [0.717, 1.165) is 16.7 Å². The minimum atomic E-state index is -0.439. The number of hydrogen-bond acceptors (Lipinski definition) is 4. The Morgan fingerprint density at radius 2 is 2.32 bits per heavy atom. The first kappa shape index (κ1) is 13.5. The van der Waals surface area contributed by atoms with Crippen molar-refractivity contribution in [2.45, 2.75) is 32.7 Å². The highest BCUT2D eigenvalue weighted by Crippen LogP contribution is 2.18. The van der Waals surface area contributed by atoms with Crippen LogP contribution in [0.25, 0.3) is 11.1 Å². The van der Waals surface area contributed by atoms with Crippen molar-refractivity contribution in [1.82, 2.24) is 10.3 Å². The van der Waals surface area contributed by atoms with Crippen molar-refractivity contribution < 1.29 is 9.21 Å². The third-order valence-corrected chi connectivity index (χ3v) is 3.08. The quantitative estimate of drug-likeness (QED) is 0.855. The lowest BCUT2D eigenvalue weighted by atomic mass is 10.2. The summed E-state index contributed by atoms with van der Waals surface area (Å²) in [5.41, 5.74) is 8.38. The zero-order chi connectivity index (χ0) is 13.8. The number of carbonyl (C=O) groups is 1. The Labute approximate surface area is 112 Å². The SMILES string of the molecule is CC[C@H](N)C(=O)NCCc1nc2c(C)cccc2o1. The van der Waals surface area contributed by atoms with E-state index in [2.05, 4.69) is 10.3 Å². The Bertz CT molecular complexity index is 577. The highest BCUT2D eigenvalue weighted by molar-refractivity contribution is 5.81. The van der Waals surface area contributed by atoms with Gasteiger partial charge in [0.1, 0.15) is 5.52 Å². The van der Waals surface area contributed by atoms with Crippen LogP contribution in [-0.2, 0) is 11.2 Å². The molecule has 5 heteroatoms. The van der Waals surface area contributed by atoms with Crippen molar-refractivity contribution in [3.05, 3.63) is 29.7 Å². The molecule has 1 amide bonds. The van der Waals surface area contributed by atoms with Gasteiger partial charge in [0, 0.05) is 13.0 Å². The van der Waals surface area contributed by atoms with Gasteiger partial charge >= 0.3 is 0 Å². The van der Waals surface area contributed by atoms with Crippen molar-refractivity contribution in [2.24, 2.45) is 5.73 Å². The largest absolute Gasteiger partial charge is 0.441 e. The number of carbonyl (C=O) groups excluding carboxylic acids is 1. The van der Waals surface area contributed by atoms with Crippen molar-refractivity contribution in [1.29, 1.82) is 0 Å². The fourth-order valence-corrected chi connectivity index (χ4v) is 1.85. The topological polar surface area (TPSA) is 81.2 Å². The Hall–Kier alpha value is -1.88. The summed E-state index contributed by atoms with van der Waals surface area (Å²) < 4.78 is 5.62. The molecule has 0 fully saturated rings. The molecule has 1 aromatic heterocycles. The molecular weight excluding hydrogens is 242 g/mol. The molecule has 0 aliphatic heterocycles. The Morgan fingerprint density at radius 3 is 3.00 bits per heavy atom. The minimum Gasteiger partial charge on any atom is -0.441 e. The Morgan fingerprint density at radius 1 is 1.53 bits per heavy atom. The van der Waals surface area contributed by atoms with Crippen molar-refractivity contribution in [2.75, 3.05) is 6.54 Å². The predicted octanol–water partition coefficient (Wildman–Crippen LogP) is 1.53. The van der Waals surface area contributed by atoms with Gasteiger partial charge in [-0.05, 0) is 25.0 Å². The molecule has 1 aromatic carbocycles. The molecule has 2 rings (SSSR count). The van der Waals surface area contributed by atoms with Crippen molar-refractivity contribution in [3.63, 3.8) is 0 Å². The van der Waals surface area contributed by atoms with Gasteiger partial charge in [-0.15, -0.1) is 0 Å². The van der Waals surface area contributed by atoms with E-state index in [4.69, 9.17) is 10.2 Å². The van der Waals surface area contributed by atoms with Crippen LogP contribution in [0.4, 0.5) is 0 Å². The number of nitrogens with two attached hydrogens (primary N) is 1. The summed E-state index contributed by atoms with van der Waals surface area (Å²) in [7, 11) is 0. The molecule has 0 aliphatic carbocycles. The zero-order valence-electron chi connectivity index (χ0n) is 11.3. The van der Waals surface area contributed by atoms with E-state index in [1.165, 1.54) is 0 Å². The standard InChI is InChI=1S/C14H19N3O2/c1-3-10(15)14(18)16-8-7-12-17-13-9(2)5-4-6-11(13)19-12/h4-6,10H,3,7-8,15H2,1-2H3,(H,16,18)/t10-/m0/s1. The number of aromatic nitrogens is 1. The lowest BCUT2D eigenvalue weighted by Gasteiger charge is -2.08. The summed E-state index contributed by atoms with van der Waals surface area (Å²) >= 11 is 0. The number of oxazole rings is 1. The molecule has 1 atom stereocenters. The second-order valence-electron chi connectivity index (χ2n) is 4.59. The number of fused-ring (bicyclic) bond motifs is 1. The van der Waals surface area contributed by atoms with Gasteiger partial charge in [-0.1, -0.05) is 19.1 Å². The predicted molar refractivity (Wildman–Crippen MR) is 73.7 cm³/mol. The van der Waals surface area contributed by atoms with E-state index in [0.29, 0.717) is 25.3 Å². The molecule has 0 saturated heterocycles. The monoisotopic (exact) mass is 261 g/mol. The van der Waals surface area contributed by atoms with Crippen LogP contribution in [0.5, 0.6) is 0 Å². The third kappa shape index (κ3) is 3.12. The van der Waals surface area contributed by atoms with Crippen LogP contribution in [0.2, 0.25) is 0 Å². The fourth-order valence-electron chi connectivity index (χ4n) is 1.85. The molecule has 0 bridgehead atoms. The molecule has 1 heterocycles.